The molecule has 0 saturated heterocycles. The van der Waals surface area contributed by atoms with Crippen molar-refractivity contribution < 1.29 is 18.6 Å². The van der Waals surface area contributed by atoms with Gasteiger partial charge >= 0.3 is 17.2 Å². The second-order valence-electron chi connectivity index (χ2n) is 5.86. The fourth-order valence-corrected chi connectivity index (χ4v) is 2.91. The summed E-state index contributed by atoms with van der Waals surface area (Å²) >= 11 is 0. The number of fused-ring (bicyclic) bond motifs is 1. The zero-order chi connectivity index (χ0) is 20.5. The van der Waals surface area contributed by atoms with Crippen LogP contribution in [0.5, 0.6) is 17.2 Å². The molecule has 0 spiro atoms. The normalized spacial score (nSPS) is 10.9. The zero-order valence-electron chi connectivity index (χ0n) is 15.8. The van der Waals surface area contributed by atoms with Gasteiger partial charge in [-0.2, -0.15) is 0 Å². The van der Waals surface area contributed by atoms with Gasteiger partial charge in [0.1, 0.15) is 0 Å². The van der Waals surface area contributed by atoms with Gasteiger partial charge in [-0.05, 0) is 24.3 Å². The Bertz CT molecular complexity index is 1280. The maximum absolute atomic E-state index is 12.8. The van der Waals surface area contributed by atoms with E-state index >= 15 is 0 Å². The highest BCUT2D eigenvalue weighted by atomic mass is 16.5. The van der Waals surface area contributed by atoms with Crippen molar-refractivity contribution in [2.24, 2.45) is 0 Å². The predicted molar refractivity (Wildman–Crippen MR) is 102 cm³/mol. The van der Waals surface area contributed by atoms with E-state index in [1.807, 2.05) is 0 Å². The van der Waals surface area contributed by atoms with Crippen molar-refractivity contribution >= 4 is 5.84 Å². The molecular weight excluding hydrogens is 380 g/mol. The number of nitrogens with zero attached hydrogens (tertiary/aromatic N) is 4. The summed E-state index contributed by atoms with van der Waals surface area (Å²) in [4.78, 5) is 29.0. The zero-order valence-corrected chi connectivity index (χ0v) is 15.8. The molecule has 0 aliphatic carbocycles. The van der Waals surface area contributed by atoms with Crippen LogP contribution in [0.4, 0.5) is 0 Å². The van der Waals surface area contributed by atoms with Crippen LogP contribution in [0.3, 0.4) is 0 Å². The third kappa shape index (κ3) is 3.00. The van der Waals surface area contributed by atoms with Crippen LogP contribution in [-0.4, -0.2) is 40.5 Å². The molecule has 10 nitrogen and oxygen atoms in total. The molecular formula is C19H16N4O6. The minimum atomic E-state index is -0.770. The maximum Gasteiger partial charge on any atom is 0.362 e. The number of aromatic nitrogens is 4. The van der Waals surface area contributed by atoms with E-state index in [0.29, 0.717) is 28.5 Å². The van der Waals surface area contributed by atoms with Crippen molar-refractivity contribution in [2.45, 2.75) is 0 Å². The molecule has 2 aromatic heterocycles. The van der Waals surface area contributed by atoms with Crippen LogP contribution in [0.15, 0.2) is 56.5 Å². The summed E-state index contributed by atoms with van der Waals surface area (Å²) in [5.74, 6) is 0.991. The first-order chi connectivity index (χ1) is 14.1. The number of para-hydroxylation sites is 1. The van der Waals surface area contributed by atoms with Gasteiger partial charge < -0.3 is 18.6 Å². The van der Waals surface area contributed by atoms with E-state index in [9.17, 15) is 9.59 Å². The number of rotatable bonds is 5. The standard InChI is InChI=1S/C19H16N4O6/c1-26-13-9-11(10-14(27-2)15(13)28-3)16-21-23-18(29-16)20-17(24)22(19(23)25)12-7-5-4-6-8-12/h4-10H,1-3H3. The van der Waals surface area contributed by atoms with Gasteiger partial charge in [-0.3, -0.25) is 0 Å². The van der Waals surface area contributed by atoms with Crippen molar-refractivity contribution in [3.05, 3.63) is 63.4 Å². The third-order valence-electron chi connectivity index (χ3n) is 4.24. The quantitative estimate of drug-likeness (QED) is 0.499. The largest absolute Gasteiger partial charge is 0.493 e. The lowest BCUT2D eigenvalue weighted by Gasteiger charge is -2.12. The molecule has 0 unspecified atom stereocenters. The summed E-state index contributed by atoms with van der Waals surface area (Å²) in [7, 11) is 4.44. The van der Waals surface area contributed by atoms with Crippen molar-refractivity contribution in [3.63, 3.8) is 0 Å². The second kappa shape index (κ2) is 7.15. The van der Waals surface area contributed by atoms with Gasteiger partial charge in [-0.15, -0.1) is 14.6 Å². The van der Waals surface area contributed by atoms with Crippen molar-refractivity contribution in [3.8, 4) is 34.4 Å². The highest BCUT2D eigenvalue weighted by molar-refractivity contribution is 5.66. The number of ether oxygens (including phenoxy) is 3. The van der Waals surface area contributed by atoms with E-state index in [2.05, 4.69) is 10.1 Å². The Morgan fingerprint density at radius 2 is 1.59 bits per heavy atom. The maximum atomic E-state index is 12.8. The number of hydrogen-bond acceptors (Lipinski definition) is 8. The van der Waals surface area contributed by atoms with Crippen LogP contribution in [0.2, 0.25) is 0 Å². The van der Waals surface area contributed by atoms with Gasteiger partial charge in [-0.25, -0.2) is 14.2 Å². The van der Waals surface area contributed by atoms with Gasteiger partial charge in [0.25, 0.3) is 0 Å². The van der Waals surface area contributed by atoms with E-state index in [4.69, 9.17) is 18.6 Å². The lowest BCUT2D eigenvalue weighted by atomic mass is 10.2. The molecule has 0 amide bonds. The van der Waals surface area contributed by atoms with Gasteiger partial charge in [0, 0.05) is 5.56 Å². The Balaban J connectivity index is 1.93. The minimum Gasteiger partial charge on any atom is -0.493 e. The van der Waals surface area contributed by atoms with Crippen LogP contribution >= 0.6 is 0 Å². The highest BCUT2D eigenvalue weighted by Crippen LogP contribution is 2.40. The summed E-state index contributed by atoms with van der Waals surface area (Å²) in [5.41, 5.74) is -0.646. The molecule has 10 heteroatoms. The smallest absolute Gasteiger partial charge is 0.362 e. The van der Waals surface area contributed by atoms with Gasteiger partial charge in [0.15, 0.2) is 11.5 Å². The van der Waals surface area contributed by atoms with E-state index < -0.39 is 11.4 Å². The average molecular weight is 396 g/mol. The molecule has 0 bridgehead atoms. The fourth-order valence-electron chi connectivity index (χ4n) is 2.91. The van der Waals surface area contributed by atoms with Crippen molar-refractivity contribution in [1.29, 1.82) is 0 Å². The first-order valence-electron chi connectivity index (χ1n) is 8.46. The molecule has 0 N–H and O–H groups in total. The monoisotopic (exact) mass is 396 g/mol. The molecule has 0 radical (unpaired) electrons. The molecule has 2 heterocycles. The highest BCUT2D eigenvalue weighted by Gasteiger charge is 2.20. The number of methoxy groups -OCH3 is 3. The Kier molecular flexibility index (Phi) is 4.51. The minimum absolute atomic E-state index is 0.0547. The first kappa shape index (κ1) is 18.3. The Labute approximate surface area is 163 Å². The van der Waals surface area contributed by atoms with Gasteiger partial charge in [0.2, 0.25) is 11.6 Å². The molecule has 4 aromatic rings. The first-order valence-corrected chi connectivity index (χ1v) is 8.46. The van der Waals surface area contributed by atoms with Crippen LogP contribution in [0.1, 0.15) is 0 Å². The van der Waals surface area contributed by atoms with Crippen LogP contribution in [0.25, 0.3) is 23.0 Å². The molecule has 2 aromatic carbocycles. The summed E-state index contributed by atoms with van der Waals surface area (Å²) in [6.07, 6.45) is 0. The molecule has 0 aliphatic heterocycles. The third-order valence-corrected chi connectivity index (χ3v) is 4.24. The lowest BCUT2D eigenvalue weighted by molar-refractivity contribution is 0.324. The van der Waals surface area contributed by atoms with E-state index in [-0.39, 0.29) is 11.7 Å². The topological polar surface area (TPSA) is 110 Å². The van der Waals surface area contributed by atoms with Crippen LogP contribution in [0, 0.1) is 0 Å². The summed E-state index contributed by atoms with van der Waals surface area (Å²) in [6.45, 7) is 0. The number of hydrogen-bond donors (Lipinski definition) is 0. The van der Waals surface area contributed by atoms with E-state index in [1.54, 1.807) is 42.5 Å². The Morgan fingerprint density at radius 1 is 0.931 bits per heavy atom. The molecule has 148 valence electrons. The summed E-state index contributed by atoms with van der Waals surface area (Å²) in [6, 6.07) is 11.7. The molecule has 4 rings (SSSR count). The summed E-state index contributed by atoms with van der Waals surface area (Å²) in [5, 5.41) is 4.18. The Morgan fingerprint density at radius 3 is 2.17 bits per heavy atom. The second-order valence-corrected chi connectivity index (χ2v) is 5.86. The number of benzene rings is 2. The molecule has 0 saturated carbocycles. The summed E-state index contributed by atoms with van der Waals surface area (Å²) < 4.78 is 23.3. The lowest BCUT2D eigenvalue weighted by Crippen LogP contribution is -2.38. The van der Waals surface area contributed by atoms with Crippen LogP contribution < -0.4 is 25.6 Å². The van der Waals surface area contributed by atoms with Crippen LogP contribution in [-0.2, 0) is 0 Å². The predicted octanol–water partition coefficient (Wildman–Crippen LogP) is 1.53. The van der Waals surface area contributed by atoms with Crippen molar-refractivity contribution in [2.75, 3.05) is 21.3 Å². The fraction of sp³-hybridized carbons (Fsp3) is 0.158. The van der Waals surface area contributed by atoms with E-state index in [1.165, 1.54) is 21.3 Å². The Hall–Kier alpha value is -4.08. The van der Waals surface area contributed by atoms with E-state index in [0.717, 1.165) is 9.08 Å². The van der Waals surface area contributed by atoms with Gasteiger partial charge in [0.05, 0.1) is 27.0 Å². The van der Waals surface area contributed by atoms with Crippen molar-refractivity contribution in [1.82, 2.24) is 19.2 Å². The molecule has 0 fully saturated rings. The average Bonchev–Trinajstić information content (AvgIpc) is 3.17. The van der Waals surface area contributed by atoms with Gasteiger partial charge in [-0.1, -0.05) is 18.2 Å². The molecule has 0 atom stereocenters. The molecule has 0 aliphatic rings. The molecule has 29 heavy (non-hydrogen) atoms. The SMILES string of the molecule is COc1cc(-c2nn3c(=O)n(-c4ccccc4)c(=O)nc3o2)cc(OC)c1OC.